The molecule has 2 aromatic rings. The van der Waals surface area contributed by atoms with Gasteiger partial charge < -0.3 is 19.9 Å². The van der Waals surface area contributed by atoms with Crippen molar-refractivity contribution in [2.45, 2.75) is 26.3 Å². The van der Waals surface area contributed by atoms with Crippen LogP contribution in [0.25, 0.3) is 0 Å². The van der Waals surface area contributed by atoms with Crippen LogP contribution in [0.1, 0.15) is 23.6 Å². The Morgan fingerprint density at radius 3 is 2.70 bits per heavy atom. The predicted octanol–water partition coefficient (Wildman–Crippen LogP) is 2.16. The van der Waals surface area contributed by atoms with Gasteiger partial charge in [-0.25, -0.2) is 4.99 Å². The van der Waals surface area contributed by atoms with Gasteiger partial charge in [0.1, 0.15) is 18.1 Å². The molecule has 2 rings (SSSR count). The molecular formula is C19H30N6OS. The lowest BCUT2D eigenvalue weighted by atomic mass is 10.1. The summed E-state index contributed by atoms with van der Waals surface area (Å²) in [5.74, 6) is 4.58. The molecule has 7 nitrogen and oxygen atoms in total. The van der Waals surface area contributed by atoms with E-state index in [0.717, 1.165) is 55.0 Å². The van der Waals surface area contributed by atoms with Crippen LogP contribution in [-0.4, -0.2) is 52.9 Å². The second-order valence-electron chi connectivity index (χ2n) is 6.15. The molecule has 0 radical (unpaired) electrons. The van der Waals surface area contributed by atoms with Crippen LogP contribution in [0.5, 0.6) is 5.75 Å². The van der Waals surface area contributed by atoms with Crippen molar-refractivity contribution < 1.29 is 4.74 Å². The minimum Gasteiger partial charge on any atom is -0.496 e. The van der Waals surface area contributed by atoms with E-state index in [1.807, 2.05) is 48.5 Å². The third-order valence-corrected chi connectivity index (χ3v) is 4.96. The number of aryl methyl sites for hydroxylation is 1. The van der Waals surface area contributed by atoms with Crippen LogP contribution >= 0.6 is 11.8 Å². The van der Waals surface area contributed by atoms with Crippen molar-refractivity contribution in [3.05, 3.63) is 41.5 Å². The second kappa shape index (κ2) is 11.5. The molecule has 0 aliphatic rings. The summed E-state index contributed by atoms with van der Waals surface area (Å²) in [5.41, 5.74) is 1.18. The highest BCUT2D eigenvalue weighted by Crippen LogP contribution is 2.17. The molecule has 8 heteroatoms. The highest BCUT2D eigenvalue weighted by atomic mass is 32.2. The lowest BCUT2D eigenvalue weighted by Gasteiger charge is -2.13. The van der Waals surface area contributed by atoms with Gasteiger partial charge in [-0.15, -0.1) is 10.2 Å². The average molecular weight is 391 g/mol. The zero-order chi connectivity index (χ0) is 19.5. The highest BCUT2D eigenvalue weighted by Gasteiger charge is 2.06. The minimum atomic E-state index is 0.490. The van der Waals surface area contributed by atoms with E-state index in [9.17, 15) is 0 Å². The number of ether oxygens (including phenoxy) is 1. The van der Waals surface area contributed by atoms with E-state index in [1.165, 1.54) is 5.56 Å². The maximum Gasteiger partial charge on any atom is 0.191 e. The molecule has 148 valence electrons. The van der Waals surface area contributed by atoms with Gasteiger partial charge >= 0.3 is 0 Å². The second-order valence-corrected chi connectivity index (χ2v) is 7.13. The van der Waals surface area contributed by atoms with E-state index in [1.54, 1.807) is 7.11 Å². The molecule has 27 heavy (non-hydrogen) atoms. The summed E-state index contributed by atoms with van der Waals surface area (Å²) >= 11 is 1.85. The number of aliphatic imine (C=N–C) groups is 1. The first kappa shape index (κ1) is 21.1. The van der Waals surface area contributed by atoms with E-state index < -0.39 is 0 Å². The number of aromatic nitrogens is 3. The summed E-state index contributed by atoms with van der Waals surface area (Å²) in [5, 5.41) is 15.1. The quantitative estimate of drug-likeness (QED) is 0.368. The van der Waals surface area contributed by atoms with Crippen LogP contribution in [0, 0.1) is 6.92 Å². The van der Waals surface area contributed by atoms with Crippen LogP contribution in [0.3, 0.4) is 0 Å². The first-order chi connectivity index (χ1) is 13.2. The van der Waals surface area contributed by atoms with Crippen molar-refractivity contribution in [2.24, 2.45) is 12.0 Å². The average Bonchev–Trinajstić information content (AvgIpc) is 3.01. The summed E-state index contributed by atoms with van der Waals surface area (Å²) < 4.78 is 7.38. The fraction of sp³-hybridized carbons (Fsp3) is 0.526. The first-order valence-electron chi connectivity index (χ1n) is 9.13. The van der Waals surface area contributed by atoms with Crippen molar-refractivity contribution in [1.82, 2.24) is 25.4 Å². The van der Waals surface area contributed by atoms with E-state index >= 15 is 0 Å². The monoisotopic (exact) mass is 390 g/mol. The van der Waals surface area contributed by atoms with Crippen molar-refractivity contribution in [1.29, 1.82) is 0 Å². The molecular weight excluding hydrogens is 360 g/mol. The zero-order valence-electron chi connectivity index (χ0n) is 16.7. The number of thioether (sulfide) groups is 1. The molecule has 1 aromatic heterocycles. The smallest absolute Gasteiger partial charge is 0.191 e. The molecule has 0 bridgehead atoms. The van der Waals surface area contributed by atoms with Crippen LogP contribution in [0.2, 0.25) is 0 Å². The predicted molar refractivity (Wildman–Crippen MR) is 113 cm³/mol. The lowest BCUT2D eigenvalue weighted by Crippen LogP contribution is -2.39. The summed E-state index contributed by atoms with van der Waals surface area (Å²) in [4.78, 5) is 4.67. The zero-order valence-corrected chi connectivity index (χ0v) is 17.5. The van der Waals surface area contributed by atoms with Gasteiger partial charge in [0.25, 0.3) is 0 Å². The van der Waals surface area contributed by atoms with Crippen molar-refractivity contribution >= 4 is 17.7 Å². The van der Waals surface area contributed by atoms with Gasteiger partial charge in [0.05, 0.1) is 7.11 Å². The molecule has 0 saturated carbocycles. The van der Waals surface area contributed by atoms with Gasteiger partial charge in [-0.1, -0.05) is 18.2 Å². The fourth-order valence-electron chi connectivity index (χ4n) is 2.56. The molecule has 0 amide bonds. The van der Waals surface area contributed by atoms with Gasteiger partial charge in [-0.05, 0) is 43.4 Å². The summed E-state index contributed by atoms with van der Waals surface area (Å²) in [6.07, 6.45) is 4.08. The van der Waals surface area contributed by atoms with E-state index in [2.05, 4.69) is 38.1 Å². The molecule has 2 N–H and O–H groups in total. The Balaban J connectivity index is 1.94. The summed E-state index contributed by atoms with van der Waals surface area (Å²) in [7, 11) is 3.66. The van der Waals surface area contributed by atoms with Gasteiger partial charge in [0.2, 0.25) is 0 Å². The molecule has 0 spiro atoms. The molecule has 0 saturated heterocycles. The SMILES string of the molecule is COc1ccccc1CCNC(=NCc1nnc(C)n1C)NCCCSC. The Morgan fingerprint density at radius 2 is 2.00 bits per heavy atom. The first-order valence-corrected chi connectivity index (χ1v) is 10.5. The van der Waals surface area contributed by atoms with Crippen LogP contribution in [0.4, 0.5) is 0 Å². The normalized spacial score (nSPS) is 11.5. The Kier molecular flexibility index (Phi) is 8.97. The van der Waals surface area contributed by atoms with E-state index in [-0.39, 0.29) is 0 Å². The standard InChI is InChI=1S/C19H30N6OS/c1-15-23-24-18(25(15)2)14-22-19(20-11-7-13-27-4)21-12-10-16-8-5-6-9-17(16)26-3/h5-6,8-9H,7,10-14H2,1-4H3,(H2,20,21,22). The number of hydrogen-bond acceptors (Lipinski definition) is 5. The molecule has 0 aliphatic heterocycles. The number of benzene rings is 1. The minimum absolute atomic E-state index is 0.490. The van der Waals surface area contributed by atoms with Gasteiger partial charge in [-0.2, -0.15) is 11.8 Å². The third kappa shape index (κ3) is 6.78. The van der Waals surface area contributed by atoms with E-state index in [4.69, 9.17) is 4.74 Å². The van der Waals surface area contributed by atoms with Crippen molar-refractivity contribution in [2.75, 3.05) is 32.2 Å². The third-order valence-electron chi connectivity index (χ3n) is 4.26. The number of nitrogens with one attached hydrogen (secondary N) is 2. The van der Waals surface area contributed by atoms with Gasteiger partial charge in [0, 0.05) is 20.1 Å². The number of methoxy groups -OCH3 is 1. The number of rotatable bonds is 10. The molecule has 0 unspecified atom stereocenters. The fourth-order valence-corrected chi connectivity index (χ4v) is 2.99. The topological polar surface area (TPSA) is 76.4 Å². The van der Waals surface area contributed by atoms with Crippen LogP contribution < -0.4 is 15.4 Å². The molecule has 1 aromatic carbocycles. The molecule has 1 heterocycles. The highest BCUT2D eigenvalue weighted by molar-refractivity contribution is 7.98. The Labute approximate surface area is 166 Å². The van der Waals surface area contributed by atoms with Crippen molar-refractivity contribution in [3.8, 4) is 5.75 Å². The number of hydrogen-bond donors (Lipinski definition) is 2. The Bertz CT molecular complexity index is 731. The van der Waals surface area contributed by atoms with Crippen LogP contribution in [0.15, 0.2) is 29.3 Å². The van der Waals surface area contributed by atoms with E-state index in [0.29, 0.717) is 6.54 Å². The molecule has 0 aliphatic carbocycles. The summed E-state index contributed by atoms with van der Waals surface area (Å²) in [6.45, 7) is 4.09. The summed E-state index contributed by atoms with van der Waals surface area (Å²) in [6, 6.07) is 8.09. The number of guanidine groups is 1. The maximum atomic E-state index is 5.42. The Morgan fingerprint density at radius 1 is 1.22 bits per heavy atom. The lowest BCUT2D eigenvalue weighted by molar-refractivity contribution is 0.409. The molecule has 0 fully saturated rings. The molecule has 0 atom stereocenters. The number of para-hydroxylation sites is 1. The largest absolute Gasteiger partial charge is 0.496 e. The maximum absolute atomic E-state index is 5.42. The number of nitrogens with zero attached hydrogens (tertiary/aromatic N) is 4. The Hall–Kier alpha value is -2.22. The van der Waals surface area contributed by atoms with Crippen LogP contribution in [-0.2, 0) is 20.0 Å². The van der Waals surface area contributed by atoms with Gasteiger partial charge in [0.15, 0.2) is 11.8 Å². The van der Waals surface area contributed by atoms with Crippen molar-refractivity contribution in [3.63, 3.8) is 0 Å². The van der Waals surface area contributed by atoms with Gasteiger partial charge in [-0.3, -0.25) is 0 Å².